The molecule has 1 aromatic rings. The van der Waals surface area contributed by atoms with Gasteiger partial charge in [-0.05, 0) is 38.3 Å². The van der Waals surface area contributed by atoms with Crippen molar-refractivity contribution < 1.29 is 9.47 Å². The number of rotatable bonds is 5. The lowest BCUT2D eigenvalue weighted by Gasteiger charge is -2.25. The van der Waals surface area contributed by atoms with Crippen molar-refractivity contribution in [2.75, 3.05) is 34.0 Å². The van der Waals surface area contributed by atoms with Crippen molar-refractivity contribution in [1.29, 1.82) is 0 Å². The van der Waals surface area contributed by atoms with Gasteiger partial charge in [-0.25, -0.2) is 0 Å². The quantitative estimate of drug-likeness (QED) is 0.842. The third kappa shape index (κ3) is 2.70. The molecule has 0 saturated heterocycles. The van der Waals surface area contributed by atoms with E-state index < -0.39 is 0 Å². The molecule has 4 heteroatoms. The van der Waals surface area contributed by atoms with Crippen LogP contribution in [0, 0.1) is 0 Å². The Kier molecular flexibility index (Phi) is 3.86. The molecule has 0 radical (unpaired) electrons. The molecule has 0 bridgehead atoms. The van der Waals surface area contributed by atoms with Crippen LogP contribution in [0.3, 0.4) is 0 Å². The zero-order valence-corrected chi connectivity index (χ0v) is 10.7. The van der Waals surface area contributed by atoms with Gasteiger partial charge in [0.05, 0.1) is 0 Å². The van der Waals surface area contributed by atoms with Crippen LogP contribution >= 0.6 is 0 Å². The van der Waals surface area contributed by atoms with E-state index in [0.29, 0.717) is 12.8 Å². The monoisotopic (exact) mass is 236 g/mol. The van der Waals surface area contributed by atoms with E-state index in [1.54, 1.807) is 0 Å². The van der Waals surface area contributed by atoms with Crippen molar-refractivity contribution >= 4 is 0 Å². The Hall–Kier alpha value is -1.26. The maximum absolute atomic E-state index is 5.41. The Morgan fingerprint density at radius 3 is 2.76 bits per heavy atom. The molecule has 0 spiro atoms. The summed E-state index contributed by atoms with van der Waals surface area (Å²) in [5, 5.41) is 3.38. The molecular formula is C13H20N2O2. The van der Waals surface area contributed by atoms with Gasteiger partial charge in [0.25, 0.3) is 0 Å². The van der Waals surface area contributed by atoms with Crippen LogP contribution in [0.25, 0.3) is 0 Å². The molecule has 0 aliphatic carbocycles. The topological polar surface area (TPSA) is 33.7 Å². The van der Waals surface area contributed by atoms with E-state index in [4.69, 9.17) is 9.47 Å². The molecule has 1 aliphatic rings. The highest BCUT2D eigenvalue weighted by Gasteiger charge is 2.18. The Morgan fingerprint density at radius 1 is 1.29 bits per heavy atom. The van der Waals surface area contributed by atoms with Crippen LogP contribution in [0.15, 0.2) is 18.2 Å². The fraction of sp³-hybridized carbons (Fsp3) is 0.538. The second-order valence-corrected chi connectivity index (χ2v) is 4.40. The van der Waals surface area contributed by atoms with Crippen LogP contribution in [0.2, 0.25) is 0 Å². The maximum atomic E-state index is 5.41. The summed E-state index contributed by atoms with van der Waals surface area (Å²) >= 11 is 0. The molecule has 0 aromatic heterocycles. The maximum Gasteiger partial charge on any atom is 0.231 e. The standard InChI is InChI=1S/C13H20N2O2/c1-4-14-8-11(15(2)3)10-5-6-12-13(7-10)17-9-16-12/h5-7,11,14H,4,8-9H2,1-3H3. The minimum Gasteiger partial charge on any atom is -0.454 e. The summed E-state index contributed by atoms with van der Waals surface area (Å²) < 4.78 is 10.7. The van der Waals surface area contributed by atoms with Gasteiger partial charge < -0.3 is 19.7 Å². The highest BCUT2D eigenvalue weighted by molar-refractivity contribution is 5.45. The first-order valence-corrected chi connectivity index (χ1v) is 5.99. The largest absolute Gasteiger partial charge is 0.454 e. The fourth-order valence-corrected chi connectivity index (χ4v) is 2.00. The minimum absolute atomic E-state index is 0.332. The first-order valence-electron chi connectivity index (χ1n) is 5.99. The number of benzene rings is 1. The number of nitrogens with zero attached hydrogens (tertiary/aromatic N) is 1. The number of hydrogen-bond donors (Lipinski definition) is 1. The van der Waals surface area contributed by atoms with E-state index in [9.17, 15) is 0 Å². The molecule has 0 amide bonds. The van der Waals surface area contributed by atoms with Gasteiger partial charge in [-0.3, -0.25) is 0 Å². The Morgan fingerprint density at radius 2 is 2.06 bits per heavy atom. The first kappa shape index (κ1) is 12.2. The Balaban J connectivity index is 2.17. The SMILES string of the molecule is CCNCC(c1ccc2c(c1)OCO2)N(C)C. The highest BCUT2D eigenvalue weighted by atomic mass is 16.7. The molecule has 0 saturated carbocycles. The first-order chi connectivity index (χ1) is 8.22. The van der Waals surface area contributed by atoms with Crippen molar-refractivity contribution in [2.24, 2.45) is 0 Å². The predicted molar refractivity (Wildman–Crippen MR) is 67.5 cm³/mol. The molecule has 4 nitrogen and oxygen atoms in total. The van der Waals surface area contributed by atoms with E-state index in [0.717, 1.165) is 24.6 Å². The lowest BCUT2D eigenvalue weighted by atomic mass is 10.1. The summed E-state index contributed by atoms with van der Waals surface area (Å²) in [5.74, 6) is 1.69. The van der Waals surface area contributed by atoms with Gasteiger partial charge in [0.15, 0.2) is 11.5 Å². The fourth-order valence-electron chi connectivity index (χ4n) is 2.00. The zero-order chi connectivity index (χ0) is 12.3. The lowest BCUT2D eigenvalue weighted by molar-refractivity contribution is 0.174. The molecule has 94 valence electrons. The minimum atomic E-state index is 0.332. The van der Waals surface area contributed by atoms with Crippen molar-refractivity contribution in [1.82, 2.24) is 10.2 Å². The van der Waals surface area contributed by atoms with Gasteiger partial charge in [0.1, 0.15) is 0 Å². The molecule has 1 heterocycles. The summed E-state index contributed by atoms with van der Waals surface area (Å²) in [6.07, 6.45) is 0. The van der Waals surface area contributed by atoms with Crippen molar-refractivity contribution in [2.45, 2.75) is 13.0 Å². The molecule has 1 atom stereocenters. The molecule has 0 fully saturated rings. The number of fused-ring (bicyclic) bond motifs is 1. The van der Waals surface area contributed by atoms with Gasteiger partial charge in [0.2, 0.25) is 6.79 Å². The van der Waals surface area contributed by atoms with Gasteiger partial charge in [-0.1, -0.05) is 13.0 Å². The van der Waals surface area contributed by atoms with Crippen molar-refractivity contribution in [3.8, 4) is 11.5 Å². The van der Waals surface area contributed by atoms with Crippen molar-refractivity contribution in [3.05, 3.63) is 23.8 Å². The van der Waals surface area contributed by atoms with E-state index in [1.807, 2.05) is 6.07 Å². The van der Waals surface area contributed by atoms with E-state index >= 15 is 0 Å². The predicted octanol–water partition coefficient (Wildman–Crippen LogP) is 1.63. The van der Waals surface area contributed by atoms with Crippen LogP contribution in [0.4, 0.5) is 0 Å². The normalized spacial score (nSPS) is 15.3. The summed E-state index contributed by atoms with van der Waals surface area (Å²) in [4.78, 5) is 2.21. The van der Waals surface area contributed by atoms with Gasteiger partial charge in [-0.2, -0.15) is 0 Å². The summed E-state index contributed by atoms with van der Waals surface area (Å²) in [6, 6.07) is 6.52. The van der Waals surface area contributed by atoms with Crippen molar-refractivity contribution in [3.63, 3.8) is 0 Å². The molecule has 1 unspecified atom stereocenters. The smallest absolute Gasteiger partial charge is 0.231 e. The second-order valence-electron chi connectivity index (χ2n) is 4.40. The zero-order valence-electron chi connectivity index (χ0n) is 10.7. The average Bonchev–Trinajstić information content (AvgIpc) is 2.76. The average molecular weight is 236 g/mol. The molecule has 1 N–H and O–H groups in total. The van der Waals surface area contributed by atoms with Crippen LogP contribution in [-0.2, 0) is 0 Å². The third-order valence-corrected chi connectivity index (χ3v) is 2.99. The van der Waals surface area contributed by atoms with Gasteiger partial charge in [-0.15, -0.1) is 0 Å². The van der Waals surface area contributed by atoms with E-state index in [1.165, 1.54) is 5.56 Å². The Bertz CT molecular complexity index is 380. The molecular weight excluding hydrogens is 216 g/mol. The summed E-state index contributed by atoms with van der Waals surface area (Å²) in [7, 11) is 4.18. The highest BCUT2D eigenvalue weighted by Crippen LogP contribution is 2.34. The summed E-state index contributed by atoms with van der Waals surface area (Å²) in [6.45, 7) is 4.36. The Labute approximate surface area is 103 Å². The lowest BCUT2D eigenvalue weighted by Crippen LogP contribution is -2.30. The molecule has 1 aliphatic heterocycles. The number of ether oxygens (including phenoxy) is 2. The van der Waals surface area contributed by atoms with Gasteiger partial charge >= 0.3 is 0 Å². The summed E-state index contributed by atoms with van der Waals surface area (Å²) in [5.41, 5.74) is 1.25. The number of nitrogens with one attached hydrogen (secondary N) is 1. The third-order valence-electron chi connectivity index (χ3n) is 2.99. The van der Waals surface area contributed by atoms with E-state index in [2.05, 4.69) is 43.4 Å². The van der Waals surface area contributed by atoms with E-state index in [-0.39, 0.29) is 0 Å². The number of hydrogen-bond acceptors (Lipinski definition) is 4. The second kappa shape index (κ2) is 5.38. The van der Waals surface area contributed by atoms with Crippen LogP contribution < -0.4 is 14.8 Å². The van der Waals surface area contributed by atoms with Crippen LogP contribution in [0.1, 0.15) is 18.5 Å². The molecule has 17 heavy (non-hydrogen) atoms. The van der Waals surface area contributed by atoms with Crippen LogP contribution in [0.5, 0.6) is 11.5 Å². The number of likely N-dealkylation sites (N-methyl/N-ethyl adjacent to an activating group) is 2. The molecule has 1 aromatic carbocycles. The van der Waals surface area contributed by atoms with Crippen LogP contribution in [-0.4, -0.2) is 38.9 Å². The molecule has 2 rings (SSSR count). The van der Waals surface area contributed by atoms with Gasteiger partial charge in [0, 0.05) is 12.6 Å².